The molecule has 4 aromatic rings. The monoisotopic (exact) mass is 411 g/mol. The quantitative estimate of drug-likeness (QED) is 0.428. The minimum atomic E-state index is -0.336. The summed E-state index contributed by atoms with van der Waals surface area (Å²) in [5.74, 6) is -0.336. The van der Waals surface area contributed by atoms with Gasteiger partial charge < -0.3 is 14.8 Å². The van der Waals surface area contributed by atoms with Crippen LogP contribution in [0.2, 0.25) is 0 Å². The molecule has 154 valence electrons. The molecule has 1 N–H and O–H groups in total. The van der Waals surface area contributed by atoms with Gasteiger partial charge in [0.2, 0.25) is 0 Å². The molecule has 1 atom stereocenters. The zero-order valence-corrected chi connectivity index (χ0v) is 17.1. The molecular formula is C26H22FN3O. The number of hydrogen-bond acceptors (Lipinski definition) is 1. The summed E-state index contributed by atoms with van der Waals surface area (Å²) in [6.07, 6.45) is 2.04. The molecule has 0 radical (unpaired) electrons. The van der Waals surface area contributed by atoms with Gasteiger partial charge in [0, 0.05) is 17.6 Å². The van der Waals surface area contributed by atoms with Crippen LogP contribution in [0.1, 0.15) is 28.4 Å². The van der Waals surface area contributed by atoms with Crippen molar-refractivity contribution < 1.29 is 9.18 Å². The number of halogens is 1. The molecule has 1 aliphatic rings. The molecule has 0 bridgehead atoms. The highest BCUT2D eigenvalue weighted by Crippen LogP contribution is 2.37. The second-order valence-corrected chi connectivity index (χ2v) is 7.81. The molecule has 0 aliphatic carbocycles. The Kier molecular flexibility index (Phi) is 4.79. The summed E-state index contributed by atoms with van der Waals surface area (Å²) in [6.45, 7) is 2.50. The molecule has 0 saturated carbocycles. The number of carbonyl (C=O) groups is 1. The van der Waals surface area contributed by atoms with Crippen molar-refractivity contribution in [3.8, 4) is 5.69 Å². The first kappa shape index (κ1) is 19.1. The van der Waals surface area contributed by atoms with Gasteiger partial charge in [-0.3, -0.25) is 0 Å². The highest BCUT2D eigenvalue weighted by atomic mass is 19.1. The Bertz CT molecular complexity index is 1230. The number of nitrogens with zero attached hydrogens (tertiary/aromatic N) is 2. The number of aromatic nitrogens is 1. The van der Waals surface area contributed by atoms with Crippen molar-refractivity contribution in [2.75, 3.05) is 5.32 Å². The van der Waals surface area contributed by atoms with E-state index in [4.69, 9.17) is 0 Å². The number of aryl methyl sites for hydroxylation is 1. The maximum Gasteiger partial charge on any atom is 0.322 e. The Morgan fingerprint density at radius 3 is 2.45 bits per heavy atom. The van der Waals surface area contributed by atoms with Gasteiger partial charge >= 0.3 is 6.03 Å². The van der Waals surface area contributed by atoms with Gasteiger partial charge in [0.05, 0.1) is 18.3 Å². The lowest BCUT2D eigenvalue weighted by Gasteiger charge is -2.31. The number of fused-ring (bicyclic) bond motifs is 3. The second kappa shape index (κ2) is 7.76. The Balaban J connectivity index is 1.62. The summed E-state index contributed by atoms with van der Waals surface area (Å²) in [7, 11) is 0. The largest absolute Gasteiger partial charge is 0.322 e. The van der Waals surface area contributed by atoms with Crippen molar-refractivity contribution in [1.29, 1.82) is 0 Å². The maximum absolute atomic E-state index is 13.5. The number of amides is 2. The second-order valence-electron chi connectivity index (χ2n) is 7.81. The number of carbonyl (C=O) groups excluding carboxylic acids is 1. The zero-order valence-electron chi connectivity index (χ0n) is 17.1. The van der Waals surface area contributed by atoms with Crippen LogP contribution in [0, 0.1) is 12.7 Å². The molecule has 3 aromatic carbocycles. The van der Waals surface area contributed by atoms with Gasteiger partial charge in [0.1, 0.15) is 5.82 Å². The van der Waals surface area contributed by atoms with Crippen LogP contribution in [0.25, 0.3) is 5.69 Å². The third-order valence-corrected chi connectivity index (χ3v) is 5.71. The van der Waals surface area contributed by atoms with Crippen LogP contribution in [-0.4, -0.2) is 15.5 Å². The van der Waals surface area contributed by atoms with Crippen LogP contribution in [-0.2, 0) is 6.54 Å². The van der Waals surface area contributed by atoms with Crippen molar-refractivity contribution in [3.05, 3.63) is 119 Å². The van der Waals surface area contributed by atoms with E-state index in [0.717, 1.165) is 22.5 Å². The summed E-state index contributed by atoms with van der Waals surface area (Å²) in [5.41, 5.74) is 5.90. The molecule has 4 nitrogen and oxygen atoms in total. The lowest BCUT2D eigenvalue weighted by atomic mass is 10.0. The van der Waals surface area contributed by atoms with E-state index >= 15 is 0 Å². The predicted molar refractivity (Wildman–Crippen MR) is 120 cm³/mol. The normalized spacial score (nSPS) is 15.0. The first-order valence-corrected chi connectivity index (χ1v) is 10.3. The average molecular weight is 411 g/mol. The summed E-state index contributed by atoms with van der Waals surface area (Å²) in [5, 5.41) is 2.94. The van der Waals surface area contributed by atoms with E-state index in [1.54, 1.807) is 12.1 Å². The van der Waals surface area contributed by atoms with Crippen molar-refractivity contribution in [1.82, 2.24) is 9.47 Å². The van der Waals surface area contributed by atoms with Gasteiger partial charge in [-0.2, -0.15) is 0 Å². The molecule has 2 amide bonds. The van der Waals surface area contributed by atoms with Crippen LogP contribution in [0.3, 0.4) is 0 Å². The fourth-order valence-corrected chi connectivity index (χ4v) is 4.17. The van der Waals surface area contributed by atoms with E-state index in [-0.39, 0.29) is 17.9 Å². The Hall–Kier alpha value is -3.86. The fraction of sp³-hybridized carbons (Fsp3) is 0.115. The van der Waals surface area contributed by atoms with Crippen molar-refractivity contribution in [2.45, 2.75) is 19.5 Å². The van der Waals surface area contributed by atoms with Crippen molar-refractivity contribution in [2.24, 2.45) is 0 Å². The van der Waals surface area contributed by atoms with E-state index in [1.807, 2.05) is 29.3 Å². The molecule has 1 aromatic heterocycles. The number of benzene rings is 3. The smallest absolute Gasteiger partial charge is 0.318 e. The number of nitrogens with one attached hydrogen (secondary N) is 1. The number of rotatable bonds is 2. The van der Waals surface area contributed by atoms with Crippen LogP contribution in [0.4, 0.5) is 14.9 Å². The van der Waals surface area contributed by atoms with Crippen LogP contribution in [0.15, 0.2) is 91.1 Å². The molecular weight excluding hydrogens is 389 g/mol. The summed E-state index contributed by atoms with van der Waals surface area (Å²) in [6, 6.07) is 25.8. The minimum Gasteiger partial charge on any atom is -0.318 e. The zero-order chi connectivity index (χ0) is 21.4. The number of urea groups is 1. The molecule has 0 unspecified atom stereocenters. The lowest BCUT2D eigenvalue weighted by Crippen LogP contribution is -2.37. The van der Waals surface area contributed by atoms with Gasteiger partial charge in [0.15, 0.2) is 0 Å². The standard InChI is InChI=1S/C26H22FN3O/c1-18-8-10-19(11-9-18)25-24-7-4-16-29(24)23-6-3-2-5-20(23)17-30(25)26(31)28-22-14-12-21(27)13-15-22/h2-16,25H,17H2,1H3,(H,28,31)/t25-/m0/s1. The molecule has 5 rings (SSSR count). The van der Waals surface area contributed by atoms with Gasteiger partial charge in [-0.05, 0) is 60.5 Å². The highest BCUT2D eigenvalue weighted by molar-refractivity contribution is 5.90. The van der Waals surface area contributed by atoms with Crippen LogP contribution >= 0.6 is 0 Å². The van der Waals surface area contributed by atoms with Crippen LogP contribution < -0.4 is 5.32 Å². The lowest BCUT2D eigenvalue weighted by molar-refractivity contribution is 0.194. The maximum atomic E-state index is 13.5. The molecule has 5 heteroatoms. The van der Waals surface area contributed by atoms with Crippen LogP contribution in [0.5, 0.6) is 0 Å². The highest BCUT2D eigenvalue weighted by Gasteiger charge is 2.32. The van der Waals surface area contributed by atoms with E-state index in [0.29, 0.717) is 12.2 Å². The van der Waals surface area contributed by atoms with E-state index in [2.05, 4.69) is 59.3 Å². The predicted octanol–water partition coefficient (Wildman–Crippen LogP) is 6.06. The van der Waals surface area contributed by atoms with Gasteiger partial charge in [0.25, 0.3) is 0 Å². The Morgan fingerprint density at radius 1 is 0.935 bits per heavy atom. The first-order chi connectivity index (χ1) is 15.1. The Labute approximate surface area is 180 Å². The number of para-hydroxylation sites is 1. The average Bonchev–Trinajstić information content (AvgIpc) is 3.20. The molecule has 31 heavy (non-hydrogen) atoms. The number of anilines is 1. The fourth-order valence-electron chi connectivity index (χ4n) is 4.17. The SMILES string of the molecule is Cc1ccc([C@H]2c3cccn3-c3ccccc3CN2C(=O)Nc2ccc(F)cc2)cc1. The summed E-state index contributed by atoms with van der Waals surface area (Å²) in [4.78, 5) is 15.3. The van der Waals surface area contributed by atoms with Gasteiger partial charge in [-0.1, -0.05) is 48.0 Å². The van der Waals surface area contributed by atoms with Gasteiger partial charge in [-0.25, -0.2) is 9.18 Å². The molecule has 1 aliphatic heterocycles. The molecule has 0 spiro atoms. The van der Waals surface area contributed by atoms with Crippen molar-refractivity contribution >= 4 is 11.7 Å². The summed E-state index contributed by atoms with van der Waals surface area (Å²) >= 11 is 0. The van der Waals surface area contributed by atoms with E-state index < -0.39 is 0 Å². The third kappa shape index (κ3) is 3.59. The first-order valence-electron chi connectivity index (χ1n) is 10.3. The van der Waals surface area contributed by atoms with E-state index in [1.165, 1.54) is 17.7 Å². The van der Waals surface area contributed by atoms with E-state index in [9.17, 15) is 9.18 Å². The van der Waals surface area contributed by atoms with Crippen molar-refractivity contribution in [3.63, 3.8) is 0 Å². The topological polar surface area (TPSA) is 37.3 Å². The third-order valence-electron chi connectivity index (χ3n) is 5.71. The van der Waals surface area contributed by atoms with Gasteiger partial charge in [-0.15, -0.1) is 0 Å². The minimum absolute atomic E-state index is 0.235. The Morgan fingerprint density at radius 2 is 1.68 bits per heavy atom. The molecule has 2 heterocycles. The number of hydrogen-bond donors (Lipinski definition) is 1. The summed E-state index contributed by atoms with van der Waals surface area (Å²) < 4.78 is 15.5. The molecule has 0 fully saturated rings. The molecule has 0 saturated heterocycles.